The summed E-state index contributed by atoms with van der Waals surface area (Å²) >= 11 is 0. The third-order valence-corrected chi connectivity index (χ3v) is 3.11. The first-order valence-electron chi connectivity index (χ1n) is 3.01. The zero-order valence-electron chi connectivity index (χ0n) is 5.57. The normalized spacial score (nSPS) is 24.8. The van der Waals surface area contributed by atoms with Gasteiger partial charge in [0.15, 0.2) is 0 Å². The van der Waals surface area contributed by atoms with E-state index in [0.29, 0.717) is 6.42 Å². The molecule has 0 amide bonds. The number of hydrogen-bond donors (Lipinski definition) is 1. The van der Waals surface area contributed by atoms with E-state index in [0.717, 1.165) is 0 Å². The average Bonchev–Trinajstić information content (AvgIpc) is 1.86. The summed E-state index contributed by atoms with van der Waals surface area (Å²) < 4.78 is 21.4. The van der Waals surface area contributed by atoms with E-state index in [1.807, 2.05) is 0 Å². The van der Waals surface area contributed by atoms with E-state index in [4.69, 9.17) is 15.8 Å². The lowest BCUT2D eigenvalue weighted by molar-refractivity contribution is 0.426. The van der Waals surface area contributed by atoms with E-state index >= 15 is 0 Å². The van der Waals surface area contributed by atoms with Gasteiger partial charge in [-0.2, -0.15) is 0 Å². The molecule has 0 saturated carbocycles. The van der Waals surface area contributed by atoms with Crippen molar-refractivity contribution in [2.75, 3.05) is 0 Å². The second kappa shape index (κ2) is 2.87. The van der Waals surface area contributed by atoms with Crippen LogP contribution in [0.3, 0.4) is 0 Å². The molecule has 0 fully saturated rings. The van der Waals surface area contributed by atoms with Crippen LogP contribution in [0, 0.1) is 0 Å². The lowest BCUT2D eigenvalue weighted by Crippen LogP contribution is -2.14. The van der Waals surface area contributed by atoms with E-state index < -0.39 is 14.3 Å². The minimum absolute atomic E-state index is 0.0505. The molecular formula is C6H7ClO3S. The highest BCUT2D eigenvalue weighted by molar-refractivity contribution is 8.14. The van der Waals surface area contributed by atoms with E-state index in [-0.39, 0.29) is 5.76 Å². The van der Waals surface area contributed by atoms with Gasteiger partial charge in [0.25, 0.3) is 0 Å². The molecule has 1 aliphatic carbocycles. The van der Waals surface area contributed by atoms with Crippen LogP contribution in [0.2, 0.25) is 0 Å². The van der Waals surface area contributed by atoms with Crippen LogP contribution < -0.4 is 0 Å². The van der Waals surface area contributed by atoms with Gasteiger partial charge in [0.2, 0.25) is 9.05 Å². The first kappa shape index (κ1) is 8.62. The Morgan fingerprint density at radius 2 is 2.27 bits per heavy atom. The molecule has 0 saturated heterocycles. The van der Waals surface area contributed by atoms with Crippen LogP contribution in [0.25, 0.3) is 0 Å². The van der Waals surface area contributed by atoms with Gasteiger partial charge in [-0.3, -0.25) is 0 Å². The summed E-state index contributed by atoms with van der Waals surface area (Å²) in [7, 11) is 1.49. The van der Waals surface area contributed by atoms with Crippen molar-refractivity contribution in [3.63, 3.8) is 0 Å². The molecule has 0 aromatic heterocycles. The van der Waals surface area contributed by atoms with Gasteiger partial charge in [0, 0.05) is 10.7 Å². The van der Waals surface area contributed by atoms with Crippen LogP contribution in [0.5, 0.6) is 0 Å². The molecule has 1 N–H and O–H groups in total. The number of aliphatic hydroxyl groups is 1. The maximum Gasteiger partial charge on any atom is 0.239 e. The van der Waals surface area contributed by atoms with Crippen molar-refractivity contribution in [1.29, 1.82) is 0 Å². The standard InChI is InChI=1S/C6H7ClO3S/c7-11(9,10)6-3-1-2-5(8)4-6/h1-2,4,6,8H,3H2. The second-order valence-corrected chi connectivity index (χ2v) is 5.09. The van der Waals surface area contributed by atoms with Crippen molar-refractivity contribution in [3.8, 4) is 0 Å². The van der Waals surface area contributed by atoms with Crippen LogP contribution in [0.1, 0.15) is 6.42 Å². The van der Waals surface area contributed by atoms with Crippen molar-refractivity contribution in [1.82, 2.24) is 0 Å². The molecule has 11 heavy (non-hydrogen) atoms. The van der Waals surface area contributed by atoms with Crippen molar-refractivity contribution < 1.29 is 13.5 Å². The molecule has 5 heteroatoms. The Morgan fingerprint density at radius 1 is 1.64 bits per heavy atom. The van der Waals surface area contributed by atoms with Gasteiger partial charge >= 0.3 is 0 Å². The van der Waals surface area contributed by atoms with Crippen molar-refractivity contribution in [3.05, 3.63) is 24.0 Å². The van der Waals surface area contributed by atoms with Crippen LogP contribution >= 0.6 is 10.7 Å². The zero-order valence-corrected chi connectivity index (χ0v) is 7.14. The fourth-order valence-electron chi connectivity index (χ4n) is 0.833. The first-order chi connectivity index (χ1) is 5.00. The lowest BCUT2D eigenvalue weighted by Gasteiger charge is -2.09. The Bertz CT molecular complexity index is 302. The fraction of sp³-hybridized carbons (Fsp3) is 0.333. The molecule has 1 aliphatic rings. The summed E-state index contributed by atoms with van der Waals surface area (Å²) in [6, 6.07) is 0. The maximum absolute atomic E-state index is 10.7. The maximum atomic E-state index is 10.7. The average molecular weight is 195 g/mol. The smallest absolute Gasteiger partial charge is 0.239 e. The molecule has 62 valence electrons. The summed E-state index contributed by atoms with van der Waals surface area (Å²) in [6.07, 6.45) is 4.57. The Hall–Kier alpha value is -0.480. The molecular weight excluding hydrogens is 188 g/mol. The Labute approximate surface area is 69.4 Å². The van der Waals surface area contributed by atoms with Gasteiger partial charge in [0.1, 0.15) is 11.0 Å². The van der Waals surface area contributed by atoms with Crippen molar-refractivity contribution >= 4 is 19.7 Å². The third-order valence-electron chi connectivity index (χ3n) is 1.38. The van der Waals surface area contributed by atoms with Gasteiger partial charge in [0.05, 0.1) is 0 Å². The Balaban J connectivity index is 2.89. The van der Waals surface area contributed by atoms with Crippen molar-refractivity contribution in [2.45, 2.75) is 11.7 Å². The molecule has 1 rings (SSSR count). The highest BCUT2D eigenvalue weighted by atomic mass is 35.7. The molecule has 0 aliphatic heterocycles. The van der Waals surface area contributed by atoms with Crippen LogP contribution in [-0.4, -0.2) is 18.8 Å². The minimum Gasteiger partial charge on any atom is -0.508 e. The van der Waals surface area contributed by atoms with E-state index in [9.17, 15) is 8.42 Å². The highest BCUT2D eigenvalue weighted by Gasteiger charge is 2.21. The van der Waals surface area contributed by atoms with E-state index in [1.165, 1.54) is 12.2 Å². The molecule has 3 nitrogen and oxygen atoms in total. The molecule has 0 bridgehead atoms. The van der Waals surface area contributed by atoms with E-state index in [2.05, 4.69) is 0 Å². The summed E-state index contributed by atoms with van der Waals surface area (Å²) in [4.78, 5) is 0. The largest absolute Gasteiger partial charge is 0.508 e. The zero-order chi connectivity index (χ0) is 8.48. The number of hydrogen-bond acceptors (Lipinski definition) is 3. The molecule has 0 heterocycles. The van der Waals surface area contributed by atoms with Gasteiger partial charge < -0.3 is 5.11 Å². The van der Waals surface area contributed by atoms with Gasteiger partial charge in [-0.1, -0.05) is 6.08 Å². The Morgan fingerprint density at radius 3 is 2.64 bits per heavy atom. The first-order valence-corrected chi connectivity index (χ1v) is 5.38. The second-order valence-electron chi connectivity index (χ2n) is 2.24. The molecule has 0 radical (unpaired) electrons. The number of aliphatic hydroxyl groups excluding tert-OH is 1. The predicted octanol–water partition coefficient (Wildman–Crippen LogP) is 1.33. The fourth-order valence-corrected chi connectivity index (χ4v) is 1.85. The Kier molecular flexibility index (Phi) is 2.25. The molecule has 0 spiro atoms. The number of rotatable bonds is 1. The number of allylic oxidation sites excluding steroid dienone is 2. The van der Waals surface area contributed by atoms with Crippen LogP contribution in [0.15, 0.2) is 24.0 Å². The SMILES string of the molecule is O=S(=O)(Cl)C1C=C(O)C=CC1. The predicted molar refractivity (Wildman–Crippen MR) is 43.0 cm³/mol. The topological polar surface area (TPSA) is 54.4 Å². The monoisotopic (exact) mass is 194 g/mol. The third kappa shape index (κ3) is 2.24. The lowest BCUT2D eigenvalue weighted by atomic mass is 10.2. The molecule has 0 aromatic carbocycles. The summed E-state index contributed by atoms with van der Waals surface area (Å²) in [5, 5.41) is 8.11. The quantitative estimate of drug-likeness (QED) is 0.641. The van der Waals surface area contributed by atoms with Gasteiger partial charge in [-0.15, -0.1) is 0 Å². The van der Waals surface area contributed by atoms with Gasteiger partial charge in [-0.05, 0) is 18.6 Å². The van der Waals surface area contributed by atoms with Crippen molar-refractivity contribution in [2.24, 2.45) is 0 Å². The van der Waals surface area contributed by atoms with Crippen LogP contribution in [0.4, 0.5) is 0 Å². The summed E-state index contributed by atoms with van der Waals surface area (Å²) in [5.74, 6) is -0.0505. The molecule has 1 unspecified atom stereocenters. The summed E-state index contributed by atoms with van der Waals surface area (Å²) in [5.41, 5.74) is 0. The van der Waals surface area contributed by atoms with Crippen LogP contribution in [-0.2, 0) is 9.05 Å². The van der Waals surface area contributed by atoms with E-state index in [1.54, 1.807) is 6.08 Å². The molecule has 1 atom stereocenters. The van der Waals surface area contributed by atoms with Gasteiger partial charge in [-0.25, -0.2) is 8.42 Å². The highest BCUT2D eigenvalue weighted by Crippen LogP contribution is 2.18. The summed E-state index contributed by atoms with van der Waals surface area (Å²) in [6.45, 7) is 0. The molecule has 0 aromatic rings. The minimum atomic E-state index is -3.57. The number of halogens is 1.